The van der Waals surface area contributed by atoms with Crippen LogP contribution in [-0.4, -0.2) is 31.2 Å². The molecule has 0 aliphatic heterocycles. The van der Waals surface area contributed by atoms with Crippen LogP contribution < -0.4 is 10.0 Å². The molecule has 0 amide bonds. The van der Waals surface area contributed by atoms with Crippen LogP contribution in [0.25, 0.3) is 0 Å². The second-order valence-electron chi connectivity index (χ2n) is 4.80. The molecule has 1 aromatic heterocycles. The van der Waals surface area contributed by atoms with Crippen LogP contribution >= 0.6 is 0 Å². The van der Waals surface area contributed by atoms with E-state index in [2.05, 4.69) is 20.2 Å². The van der Waals surface area contributed by atoms with E-state index in [0.29, 0.717) is 12.1 Å². The van der Waals surface area contributed by atoms with Gasteiger partial charge in [-0.3, -0.25) is 5.10 Å². The average Bonchev–Trinajstić information content (AvgIpc) is 2.83. The zero-order chi connectivity index (χ0) is 14.5. The molecule has 0 aliphatic rings. The average molecular weight is 288 g/mol. The fourth-order valence-corrected chi connectivity index (χ4v) is 3.17. The number of H-pyrrole nitrogens is 1. The van der Waals surface area contributed by atoms with Gasteiger partial charge in [0.15, 0.2) is 5.03 Å². The van der Waals surface area contributed by atoms with Crippen molar-refractivity contribution in [3.8, 4) is 0 Å². The topological polar surface area (TPSA) is 86.9 Å². The van der Waals surface area contributed by atoms with Crippen LogP contribution in [0.1, 0.15) is 39.7 Å². The molecule has 0 spiro atoms. The molecule has 6 nitrogen and oxygen atoms in total. The van der Waals surface area contributed by atoms with Gasteiger partial charge in [0.25, 0.3) is 10.0 Å². The standard InChI is InChI=1S/C12H24N4O2S/c1-5-9(3)10(4)16-19(17,18)12-11(7-13-6-2)8-14-15-12/h8-10,13,16H,5-7H2,1-4H3,(H,14,15). The summed E-state index contributed by atoms with van der Waals surface area (Å²) >= 11 is 0. The molecule has 110 valence electrons. The molecule has 1 aromatic rings. The van der Waals surface area contributed by atoms with Gasteiger partial charge >= 0.3 is 0 Å². The van der Waals surface area contributed by atoms with Crippen LogP contribution in [0.4, 0.5) is 0 Å². The summed E-state index contributed by atoms with van der Waals surface area (Å²) in [5.74, 6) is 0.287. The summed E-state index contributed by atoms with van der Waals surface area (Å²) in [4.78, 5) is 0. The number of rotatable bonds is 8. The first kappa shape index (κ1) is 16.1. The Hall–Kier alpha value is -0.920. The fraction of sp³-hybridized carbons (Fsp3) is 0.750. The van der Waals surface area contributed by atoms with E-state index in [1.165, 1.54) is 0 Å². The van der Waals surface area contributed by atoms with E-state index >= 15 is 0 Å². The third kappa shape index (κ3) is 4.29. The minimum atomic E-state index is -3.54. The highest BCUT2D eigenvalue weighted by Crippen LogP contribution is 2.15. The Labute approximate surface area is 115 Å². The van der Waals surface area contributed by atoms with E-state index in [1.54, 1.807) is 6.20 Å². The van der Waals surface area contributed by atoms with Crippen molar-refractivity contribution >= 4 is 10.0 Å². The molecule has 1 rings (SSSR count). The van der Waals surface area contributed by atoms with Crippen LogP contribution in [0.2, 0.25) is 0 Å². The minimum absolute atomic E-state index is 0.106. The Bertz CT molecular complexity index is 484. The quantitative estimate of drug-likeness (QED) is 0.671. The number of aromatic amines is 1. The summed E-state index contributed by atoms with van der Waals surface area (Å²) in [6.07, 6.45) is 2.47. The molecule has 0 radical (unpaired) electrons. The molecular formula is C12H24N4O2S. The summed E-state index contributed by atoms with van der Waals surface area (Å²) in [7, 11) is -3.54. The van der Waals surface area contributed by atoms with Crippen LogP contribution in [0.3, 0.4) is 0 Å². The van der Waals surface area contributed by atoms with Crippen LogP contribution in [0, 0.1) is 5.92 Å². The van der Waals surface area contributed by atoms with Gasteiger partial charge in [0.05, 0.1) is 6.20 Å². The summed E-state index contributed by atoms with van der Waals surface area (Å²) in [6, 6.07) is -0.106. The van der Waals surface area contributed by atoms with Crippen molar-refractivity contribution in [3.63, 3.8) is 0 Å². The third-order valence-electron chi connectivity index (χ3n) is 3.35. The summed E-state index contributed by atoms with van der Waals surface area (Å²) in [5.41, 5.74) is 0.658. The number of hydrogen-bond acceptors (Lipinski definition) is 4. The molecule has 0 aliphatic carbocycles. The molecule has 1 heterocycles. The molecule has 0 fully saturated rings. The van der Waals surface area contributed by atoms with Gasteiger partial charge in [0.1, 0.15) is 0 Å². The largest absolute Gasteiger partial charge is 0.313 e. The van der Waals surface area contributed by atoms with E-state index in [9.17, 15) is 8.42 Å². The molecule has 0 bridgehead atoms. The monoisotopic (exact) mass is 288 g/mol. The molecule has 3 N–H and O–H groups in total. The van der Waals surface area contributed by atoms with Gasteiger partial charge in [-0.15, -0.1) is 0 Å². The SMILES string of the molecule is CCNCc1cn[nH]c1S(=O)(=O)NC(C)C(C)CC. The van der Waals surface area contributed by atoms with Crippen molar-refractivity contribution in [2.75, 3.05) is 6.54 Å². The van der Waals surface area contributed by atoms with Crippen molar-refractivity contribution in [3.05, 3.63) is 11.8 Å². The van der Waals surface area contributed by atoms with E-state index in [4.69, 9.17) is 0 Å². The lowest BCUT2D eigenvalue weighted by Crippen LogP contribution is -2.37. The molecule has 0 saturated carbocycles. The number of aromatic nitrogens is 2. The predicted molar refractivity (Wildman–Crippen MR) is 75.2 cm³/mol. The first-order chi connectivity index (χ1) is 8.92. The Morgan fingerprint density at radius 2 is 2.05 bits per heavy atom. The Morgan fingerprint density at radius 1 is 1.37 bits per heavy atom. The van der Waals surface area contributed by atoms with Crippen LogP contribution in [-0.2, 0) is 16.6 Å². The number of nitrogens with zero attached hydrogens (tertiary/aromatic N) is 1. The van der Waals surface area contributed by atoms with Crippen molar-refractivity contribution in [2.45, 2.75) is 51.7 Å². The lowest BCUT2D eigenvalue weighted by atomic mass is 10.0. The molecular weight excluding hydrogens is 264 g/mol. The molecule has 7 heteroatoms. The number of sulfonamides is 1. The van der Waals surface area contributed by atoms with Gasteiger partial charge in [-0.1, -0.05) is 27.2 Å². The highest BCUT2D eigenvalue weighted by molar-refractivity contribution is 7.89. The minimum Gasteiger partial charge on any atom is -0.313 e. The lowest BCUT2D eigenvalue weighted by Gasteiger charge is -2.19. The van der Waals surface area contributed by atoms with Crippen molar-refractivity contribution in [1.29, 1.82) is 0 Å². The predicted octanol–water partition coefficient (Wildman–Crippen LogP) is 1.23. The number of nitrogens with one attached hydrogen (secondary N) is 3. The van der Waals surface area contributed by atoms with E-state index < -0.39 is 10.0 Å². The van der Waals surface area contributed by atoms with Gasteiger partial charge in [0.2, 0.25) is 0 Å². The van der Waals surface area contributed by atoms with Gasteiger partial charge in [0, 0.05) is 18.2 Å². The fourth-order valence-electron chi connectivity index (χ4n) is 1.69. The van der Waals surface area contributed by atoms with E-state index in [-0.39, 0.29) is 17.0 Å². The Morgan fingerprint density at radius 3 is 2.63 bits per heavy atom. The van der Waals surface area contributed by atoms with E-state index in [0.717, 1.165) is 13.0 Å². The summed E-state index contributed by atoms with van der Waals surface area (Å²) < 4.78 is 27.3. The zero-order valence-electron chi connectivity index (χ0n) is 12.0. The third-order valence-corrected chi connectivity index (χ3v) is 4.92. The Balaban J connectivity index is 2.85. The molecule has 2 unspecified atom stereocenters. The first-order valence-electron chi connectivity index (χ1n) is 6.67. The smallest absolute Gasteiger partial charge is 0.258 e. The summed E-state index contributed by atoms with van der Waals surface area (Å²) in [5, 5.41) is 9.66. The Kier molecular flexibility index (Phi) is 5.96. The van der Waals surface area contributed by atoms with Gasteiger partial charge in [-0.25, -0.2) is 13.1 Å². The first-order valence-corrected chi connectivity index (χ1v) is 8.16. The molecule has 0 aromatic carbocycles. The normalized spacial score (nSPS) is 15.4. The maximum atomic E-state index is 12.3. The summed E-state index contributed by atoms with van der Waals surface area (Å²) in [6.45, 7) is 9.19. The van der Waals surface area contributed by atoms with Gasteiger partial charge < -0.3 is 5.32 Å². The van der Waals surface area contributed by atoms with Crippen LogP contribution in [0.5, 0.6) is 0 Å². The maximum absolute atomic E-state index is 12.3. The molecule has 19 heavy (non-hydrogen) atoms. The second kappa shape index (κ2) is 7.02. The van der Waals surface area contributed by atoms with Crippen molar-refractivity contribution < 1.29 is 8.42 Å². The van der Waals surface area contributed by atoms with Crippen molar-refractivity contribution in [1.82, 2.24) is 20.2 Å². The highest BCUT2D eigenvalue weighted by atomic mass is 32.2. The number of hydrogen-bond donors (Lipinski definition) is 3. The zero-order valence-corrected chi connectivity index (χ0v) is 12.8. The van der Waals surface area contributed by atoms with Crippen LogP contribution in [0.15, 0.2) is 11.2 Å². The maximum Gasteiger partial charge on any atom is 0.258 e. The van der Waals surface area contributed by atoms with Crippen molar-refractivity contribution in [2.24, 2.45) is 5.92 Å². The second-order valence-corrected chi connectivity index (χ2v) is 6.45. The van der Waals surface area contributed by atoms with Gasteiger partial charge in [-0.05, 0) is 19.4 Å². The molecule has 0 saturated heterocycles. The highest BCUT2D eigenvalue weighted by Gasteiger charge is 2.24. The molecule has 2 atom stereocenters. The van der Waals surface area contributed by atoms with Gasteiger partial charge in [-0.2, -0.15) is 5.10 Å². The lowest BCUT2D eigenvalue weighted by molar-refractivity contribution is 0.433. The van der Waals surface area contributed by atoms with E-state index in [1.807, 2.05) is 27.7 Å².